The lowest BCUT2D eigenvalue weighted by atomic mass is 10.1. The lowest BCUT2D eigenvalue weighted by molar-refractivity contribution is 0.469. The van der Waals surface area contributed by atoms with E-state index in [9.17, 15) is 0 Å². The van der Waals surface area contributed by atoms with Gasteiger partial charge in [-0.05, 0) is 37.6 Å². The third-order valence-electron chi connectivity index (χ3n) is 3.22. The topological polar surface area (TPSA) is 21.3 Å². The van der Waals surface area contributed by atoms with Crippen LogP contribution < -0.4 is 10.1 Å². The minimum Gasteiger partial charge on any atom is -0.455 e. The van der Waals surface area contributed by atoms with Gasteiger partial charge in [-0.1, -0.05) is 49.2 Å². The van der Waals surface area contributed by atoms with Crippen LogP contribution in [0.4, 0.5) is 0 Å². The van der Waals surface area contributed by atoms with Crippen molar-refractivity contribution in [1.82, 2.24) is 5.32 Å². The molecule has 2 aromatic carbocycles. The lowest BCUT2D eigenvalue weighted by Gasteiger charge is -2.15. The zero-order valence-corrected chi connectivity index (χ0v) is 13.8. The summed E-state index contributed by atoms with van der Waals surface area (Å²) in [7, 11) is 0. The van der Waals surface area contributed by atoms with Gasteiger partial charge in [-0.3, -0.25) is 0 Å². The number of halogens is 1. The van der Waals surface area contributed by atoms with Gasteiger partial charge in [-0.2, -0.15) is 0 Å². The number of ether oxygens (including phenoxy) is 1. The molecule has 0 unspecified atom stereocenters. The second-order valence-electron chi connectivity index (χ2n) is 5.68. The van der Waals surface area contributed by atoms with Crippen molar-refractivity contribution in [2.24, 2.45) is 0 Å². The van der Waals surface area contributed by atoms with Gasteiger partial charge >= 0.3 is 0 Å². The standard InChI is InChI=1S/C18H22ClNO/c1-12(2)20-11-15-9-13(3)5-7-17(15)21-18-8-6-14(4)10-16(18)19/h5-10,12,20H,11H2,1-4H3. The van der Waals surface area contributed by atoms with Gasteiger partial charge in [0.1, 0.15) is 11.5 Å². The summed E-state index contributed by atoms with van der Waals surface area (Å²) < 4.78 is 6.01. The quantitative estimate of drug-likeness (QED) is 0.815. The first-order valence-corrected chi connectivity index (χ1v) is 7.60. The fraction of sp³-hybridized carbons (Fsp3) is 0.333. The van der Waals surface area contributed by atoms with E-state index < -0.39 is 0 Å². The molecular formula is C18H22ClNO. The summed E-state index contributed by atoms with van der Waals surface area (Å²) in [5, 5.41) is 4.06. The van der Waals surface area contributed by atoms with Crippen molar-refractivity contribution >= 4 is 11.6 Å². The van der Waals surface area contributed by atoms with Crippen molar-refractivity contribution in [3.8, 4) is 11.5 Å². The van der Waals surface area contributed by atoms with E-state index in [1.54, 1.807) is 0 Å². The third kappa shape index (κ3) is 4.48. The van der Waals surface area contributed by atoms with Crippen molar-refractivity contribution in [1.29, 1.82) is 0 Å². The van der Waals surface area contributed by atoms with Crippen molar-refractivity contribution in [2.45, 2.75) is 40.3 Å². The first kappa shape index (κ1) is 15.9. The van der Waals surface area contributed by atoms with Crippen LogP contribution in [0, 0.1) is 13.8 Å². The summed E-state index contributed by atoms with van der Waals surface area (Å²) >= 11 is 6.25. The predicted molar refractivity (Wildman–Crippen MR) is 89.4 cm³/mol. The molecule has 0 aliphatic carbocycles. The Morgan fingerprint density at radius 1 is 1.00 bits per heavy atom. The minimum atomic E-state index is 0.432. The molecule has 0 amide bonds. The molecule has 3 heteroatoms. The van der Waals surface area contributed by atoms with Gasteiger partial charge < -0.3 is 10.1 Å². The molecule has 1 N–H and O–H groups in total. The third-order valence-corrected chi connectivity index (χ3v) is 3.52. The molecule has 0 aromatic heterocycles. The summed E-state index contributed by atoms with van der Waals surface area (Å²) in [5.74, 6) is 1.54. The van der Waals surface area contributed by atoms with Gasteiger partial charge in [0, 0.05) is 18.2 Å². The number of aryl methyl sites for hydroxylation is 2. The minimum absolute atomic E-state index is 0.432. The van der Waals surface area contributed by atoms with E-state index in [4.69, 9.17) is 16.3 Å². The molecule has 0 aliphatic rings. The van der Waals surface area contributed by atoms with E-state index >= 15 is 0 Å². The van der Waals surface area contributed by atoms with E-state index in [0.29, 0.717) is 16.8 Å². The van der Waals surface area contributed by atoms with Crippen LogP contribution in [0.15, 0.2) is 36.4 Å². The van der Waals surface area contributed by atoms with Gasteiger partial charge in [0.2, 0.25) is 0 Å². The van der Waals surface area contributed by atoms with Gasteiger partial charge in [0.15, 0.2) is 0 Å². The van der Waals surface area contributed by atoms with Crippen molar-refractivity contribution in [3.05, 3.63) is 58.1 Å². The van der Waals surface area contributed by atoms with Crippen molar-refractivity contribution in [2.75, 3.05) is 0 Å². The van der Waals surface area contributed by atoms with E-state index in [1.807, 2.05) is 31.2 Å². The Balaban J connectivity index is 2.26. The monoisotopic (exact) mass is 303 g/mol. The maximum absolute atomic E-state index is 6.25. The summed E-state index contributed by atoms with van der Waals surface area (Å²) in [6, 6.07) is 12.5. The molecule has 2 nitrogen and oxygen atoms in total. The Labute approximate surface area is 132 Å². The zero-order chi connectivity index (χ0) is 15.4. The van der Waals surface area contributed by atoms with Crippen LogP contribution in [-0.4, -0.2) is 6.04 Å². The molecule has 2 rings (SSSR count). The van der Waals surface area contributed by atoms with Crippen LogP contribution in [-0.2, 0) is 6.54 Å². The average molecular weight is 304 g/mol. The fourth-order valence-corrected chi connectivity index (χ4v) is 2.34. The van der Waals surface area contributed by atoms with Crippen LogP contribution in [0.1, 0.15) is 30.5 Å². The molecule has 0 saturated heterocycles. The SMILES string of the molecule is Cc1ccc(Oc2ccc(C)cc2CNC(C)C)c(Cl)c1. The molecule has 0 spiro atoms. The van der Waals surface area contributed by atoms with Gasteiger partial charge in [-0.25, -0.2) is 0 Å². The van der Waals surface area contributed by atoms with Crippen LogP contribution in [0.2, 0.25) is 5.02 Å². The fourth-order valence-electron chi connectivity index (χ4n) is 2.07. The zero-order valence-electron chi connectivity index (χ0n) is 13.0. The lowest BCUT2D eigenvalue weighted by Crippen LogP contribution is -2.22. The first-order chi connectivity index (χ1) is 9.95. The van der Waals surface area contributed by atoms with Gasteiger partial charge in [-0.15, -0.1) is 0 Å². The number of hydrogen-bond donors (Lipinski definition) is 1. The molecule has 112 valence electrons. The second kappa shape index (κ2) is 6.97. The largest absolute Gasteiger partial charge is 0.455 e. The predicted octanol–water partition coefficient (Wildman–Crippen LogP) is 5.25. The van der Waals surface area contributed by atoms with Crippen LogP contribution in [0.3, 0.4) is 0 Å². The Bertz CT molecular complexity index is 623. The van der Waals surface area contributed by atoms with Gasteiger partial charge in [0.25, 0.3) is 0 Å². The van der Waals surface area contributed by atoms with E-state index in [1.165, 1.54) is 5.56 Å². The highest BCUT2D eigenvalue weighted by molar-refractivity contribution is 6.32. The van der Waals surface area contributed by atoms with E-state index in [2.05, 4.69) is 38.2 Å². The smallest absolute Gasteiger partial charge is 0.146 e. The summed E-state index contributed by atoms with van der Waals surface area (Å²) in [6.45, 7) is 9.14. The van der Waals surface area contributed by atoms with E-state index in [-0.39, 0.29) is 0 Å². The Hall–Kier alpha value is -1.51. The van der Waals surface area contributed by atoms with Crippen molar-refractivity contribution < 1.29 is 4.74 Å². The molecular weight excluding hydrogens is 282 g/mol. The maximum Gasteiger partial charge on any atom is 0.146 e. The highest BCUT2D eigenvalue weighted by Gasteiger charge is 2.09. The van der Waals surface area contributed by atoms with Gasteiger partial charge in [0.05, 0.1) is 5.02 Å². The Morgan fingerprint density at radius 3 is 2.24 bits per heavy atom. The second-order valence-corrected chi connectivity index (χ2v) is 6.09. The number of rotatable bonds is 5. The molecule has 0 radical (unpaired) electrons. The normalized spacial score (nSPS) is 11.0. The van der Waals surface area contributed by atoms with Crippen LogP contribution in [0.25, 0.3) is 0 Å². The van der Waals surface area contributed by atoms with Crippen LogP contribution in [0.5, 0.6) is 11.5 Å². The number of nitrogens with one attached hydrogen (secondary N) is 1. The molecule has 0 heterocycles. The molecule has 0 bridgehead atoms. The number of hydrogen-bond acceptors (Lipinski definition) is 2. The molecule has 21 heavy (non-hydrogen) atoms. The molecule has 0 fully saturated rings. The Kier molecular flexibility index (Phi) is 5.27. The molecule has 2 aromatic rings. The summed E-state index contributed by atoms with van der Waals surface area (Å²) in [5.41, 5.74) is 3.48. The molecule has 0 aliphatic heterocycles. The van der Waals surface area contributed by atoms with E-state index in [0.717, 1.165) is 23.4 Å². The molecule has 0 atom stereocenters. The summed E-state index contributed by atoms with van der Waals surface area (Å²) in [4.78, 5) is 0. The van der Waals surface area contributed by atoms with Crippen LogP contribution >= 0.6 is 11.6 Å². The number of benzene rings is 2. The molecule has 0 saturated carbocycles. The highest BCUT2D eigenvalue weighted by Crippen LogP contribution is 2.32. The maximum atomic E-state index is 6.25. The summed E-state index contributed by atoms with van der Waals surface area (Å²) in [6.07, 6.45) is 0. The highest BCUT2D eigenvalue weighted by atomic mass is 35.5. The first-order valence-electron chi connectivity index (χ1n) is 7.22. The van der Waals surface area contributed by atoms with Crippen molar-refractivity contribution in [3.63, 3.8) is 0 Å². The average Bonchev–Trinajstić information content (AvgIpc) is 2.41. The Morgan fingerprint density at radius 2 is 1.62 bits per heavy atom.